The van der Waals surface area contributed by atoms with Crippen LogP contribution >= 0.6 is 0 Å². The largest absolute Gasteiger partial charge is 0.311 e. The van der Waals surface area contributed by atoms with Gasteiger partial charge in [0.1, 0.15) is 0 Å². The van der Waals surface area contributed by atoms with Crippen molar-refractivity contribution in [3.63, 3.8) is 0 Å². The van der Waals surface area contributed by atoms with Crippen LogP contribution < -0.4 is 5.32 Å². The predicted octanol–water partition coefficient (Wildman–Crippen LogP) is 2.78. The fourth-order valence-corrected chi connectivity index (χ4v) is 4.51. The first-order valence-electron chi connectivity index (χ1n) is 7.72. The lowest BCUT2D eigenvalue weighted by molar-refractivity contribution is 0.138. The summed E-state index contributed by atoms with van der Waals surface area (Å²) in [4.78, 5) is 2.64. The minimum atomic E-state index is 0.755. The molecule has 0 aromatic carbocycles. The highest BCUT2D eigenvalue weighted by Crippen LogP contribution is 2.35. The highest BCUT2D eigenvalue weighted by atomic mass is 15.2. The summed E-state index contributed by atoms with van der Waals surface area (Å²) in [6, 6.07) is 3.31. The number of nitrogens with zero attached hydrogens (tertiary/aromatic N) is 1. The molecule has 98 valence electrons. The van der Waals surface area contributed by atoms with Crippen molar-refractivity contribution in [2.24, 2.45) is 5.92 Å². The molecule has 1 saturated carbocycles. The maximum atomic E-state index is 3.96. The van der Waals surface area contributed by atoms with Crippen molar-refractivity contribution >= 4 is 0 Å². The molecular weight excluding hydrogens is 208 g/mol. The Morgan fingerprint density at radius 3 is 2.18 bits per heavy atom. The lowest BCUT2D eigenvalue weighted by Gasteiger charge is -2.38. The molecule has 3 unspecified atom stereocenters. The van der Waals surface area contributed by atoms with Gasteiger partial charge in [-0.3, -0.25) is 0 Å². The Morgan fingerprint density at radius 2 is 1.59 bits per heavy atom. The standard InChI is InChI=1S/C15H28N2/c1-11(12-5-3-4-6-12)16-13-9-14-7-8-15(10-13)17(14)2/h11-16H,3-10H2,1-2H3. The molecule has 2 saturated heterocycles. The number of hydrogen-bond donors (Lipinski definition) is 1. The van der Waals surface area contributed by atoms with E-state index in [4.69, 9.17) is 0 Å². The second-order valence-electron chi connectivity index (χ2n) is 6.72. The van der Waals surface area contributed by atoms with Crippen LogP contribution in [0.4, 0.5) is 0 Å². The van der Waals surface area contributed by atoms with E-state index in [0.717, 1.165) is 30.1 Å². The van der Waals surface area contributed by atoms with Crippen LogP contribution in [0.25, 0.3) is 0 Å². The van der Waals surface area contributed by atoms with Crippen molar-refractivity contribution in [2.45, 2.75) is 82.5 Å². The van der Waals surface area contributed by atoms with E-state index >= 15 is 0 Å². The Bertz CT molecular complexity index is 246. The molecule has 3 aliphatic rings. The van der Waals surface area contributed by atoms with Crippen LogP contribution in [0.5, 0.6) is 0 Å². The summed E-state index contributed by atoms with van der Waals surface area (Å²) in [6.07, 6.45) is 11.5. The summed E-state index contributed by atoms with van der Waals surface area (Å²) < 4.78 is 0. The van der Waals surface area contributed by atoms with Gasteiger partial charge < -0.3 is 10.2 Å². The van der Waals surface area contributed by atoms with Gasteiger partial charge in [-0.1, -0.05) is 12.8 Å². The van der Waals surface area contributed by atoms with Gasteiger partial charge in [0.25, 0.3) is 0 Å². The van der Waals surface area contributed by atoms with E-state index in [1.165, 1.54) is 51.4 Å². The molecule has 3 fully saturated rings. The summed E-state index contributed by atoms with van der Waals surface area (Å²) >= 11 is 0. The van der Waals surface area contributed by atoms with Gasteiger partial charge in [-0.15, -0.1) is 0 Å². The number of rotatable bonds is 3. The van der Waals surface area contributed by atoms with Crippen LogP contribution in [0.2, 0.25) is 0 Å². The van der Waals surface area contributed by atoms with Crippen LogP contribution in [0.15, 0.2) is 0 Å². The highest BCUT2D eigenvalue weighted by Gasteiger charge is 2.39. The van der Waals surface area contributed by atoms with Crippen LogP contribution in [0.1, 0.15) is 58.3 Å². The van der Waals surface area contributed by atoms with Gasteiger partial charge in [0.15, 0.2) is 0 Å². The minimum Gasteiger partial charge on any atom is -0.311 e. The van der Waals surface area contributed by atoms with Gasteiger partial charge in [0.05, 0.1) is 0 Å². The molecule has 3 atom stereocenters. The number of nitrogens with one attached hydrogen (secondary N) is 1. The van der Waals surface area contributed by atoms with E-state index < -0.39 is 0 Å². The molecule has 1 aliphatic carbocycles. The second-order valence-corrected chi connectivity index (χ2v) is 6.72. The summed E-state index contributed by atoms with van der Waals surface area (Å²) in [7, 11) is 2.33. The molecule has 0 aromatic rings. The first-order chi connectivity index (χ1) is 8.24. The zero-order valence-electron chi connectivity index (χ0n) is 11.5. The van der Waals surface area contributed by atoms with Gasteiger partial charge >= 0.3 is 0 Å². The molecule has 0 aromatic heterocycles. The lowest BCUT2D eigenvalue weighted by atomic mass is 9.94. The summed E-state index contributed by atoms with van der Waals surface area (Å²) in [5, 5.41) is 3.96. The van der Waals surface area contributed by atoms with Crippen LogP contribution in [0, 0.1) is 5.92 Å². The normalized spacial score (nSPS) is 40.9. The monoisotopic (exact) mass is 236 g/mol. The first-order valence-corrected chi connectivity index (χ1v) is 7.72. The SMILES string of the molecule is CC(NC1CC2CCC(C1)N2C)C1CCCC1. The van der Waals surface area contributed by atoms with Crippen molar-refractivity contribution < 1.29 is 0 Å². The summed E-state index contributed by atoms with van der Waals surface area (Å²) in [5.41, 5.74) is 0. The predicted molar refractivity (Wildman–Crippen MR) is 72.2 cm³/mol. The molecule has 2 aliphatic heterocycles. The number of piperidine rings is 1. The molecule has 0 amide bonds. The topological polar surface area (TPSA) is 15.3 Å². The highest BCUT2D eigenvalue weighted by molar-refractivity contribution is 4.97. The lowest BCUT2D eigenvalue weighted by Crippen LogP contribution is -2.50. The Morgan fingerprint density at radius 1 is 1.00 bits per heavy atom. The average Bonchev–Trinajstić information content (AvgIpc) is 2.88. The average molecular weight is 236 g/mol. The van der Waals surface area contributed by atoms with E-state index in [0.29, 0.717) is 0 Å². The third-order valence-corrected chi connectivity index (χ3v) is 5.70. The molecule has 2 bridgehead atoms. The Balaban J connectivity index is 1.52. The van der Waals surface area contributed by atoms with Crippen molar-refractivity contribution in [3.05, 3.63) is 0 Å². The summed E-state index contributed by atoms with van der Waals surface area (Å²) in [5.74, 6) is 0.965. The molecule has 1 N–H and O–H groups in total. The third kappa shape index (κ3) is 2.39. The van der Waals surface area contributed by atoms with E-state index in [-0.39, 0.29) is 0 Å². The molecule has 2 heteroatoms. The van der Waals surface area contributed by atoms with Crippen molar-refractivity contribution in [1.29, 1.82) is 0 Å². The van der Waals surface area contributed by atoms with Gasteiger partial charge in [0.2, 0.25) is 0 Å². The first kappa shape index (κ1) is 12.0. The molecule has 0 spiro atoms. The fourth-order valence-electron chi connectivity index (χ4n) is 4.51. The van der Waals surface area contributed by atoms with Crippen LogP contribution in [-0.2, 0) is 0 Å². The summed E-state index contributed by atoms with van der Waals surface area (Å²) in [6.45, 7) is 2.43. The Kier molecular flexibility index (Phi) is 3.45. The van der Waals surface area contributed by atoms with E-state index in [2.05, 4.69) is 24.2 Å². The molecule has 17 heavy (non-hydrogen) atoms. The molecule has 2 heterocycles. The van der Waals surface area contributed by atoms with Gasteiger partial charge in [-0.25, -0.2) is 0 Å². The van der Waals surface area contributed by atoms with E-state index in [9.17, 15) is 0 Å². The van der Waals surface area contributed by atoms with Gasteiger partial charge in [-0.05, 0) is 58.4 Å². The van der Waals surface area contributed by atoms with E-state index in [1.807, 2.05) is 0 Å². The van der Waals surface area contributed by atoms with Crippen molar-refractivity contribution in [1.82, 2.24) is 10.2 Å². The zero-order chi connectivity index (χ0) is 11.8. The molecule has 0 radical (unpaired) electrons. The number of fused-ring (bicyclic) bond motifs is 2. The molecule has 2 nitrogen and oxygen atoms in total. The maximum absolute atomic E-state index is 3.96. The smallest absolute Gasteiger partial charge is 0.0111 e. The Hall–Kier alpha value is -0.0800. The van der Waals surface area contributed by atoms with Gasteiger partial charge in [-0.2, -0.15) is 0 Å². The third-order valence-electron chi connectivity index (χ3n) is 5.70. The van der Waals surface area contributed by atoms with Crippen LogP contribution in [0.3, 0.4) is 0 Å². The second kappa shape index (κ2) is 4.89. The zero-order valence-corrected chi connectivity index (χ0v) is 11.5. The minimum absolute atomic E-state index is 0.755. The molecular formula is C15H28N2. The van der Waals surface area contributed by atoms with Gasteiger partial charge in [0, 0.05) is 24.2 Å². The van der Waals surface area contributed by atoms with Crippen molar-refractivity contribution in [2.75, 3.05) is 7.05 Å². The molecule has 3 rings (SSSR count). The fraction of sp³-hybridized carbons (Fsp3) is 1.00. The van der Waals surface area contributed by atoms with E-state index in [1.54, 1.807) is 0 Å². The Labute approximate surface area is 106 Å². The maximum Gasteiger partial charge on any atom is 0.0111 e. The van der Waals surface area contributed by atoms with Crippen molar-refractivity contribution in [3.8, 4) is 0 Å². The quantitative estimate of drug-likeness (QED) is 0.810. The van der Waals surface area contributed by atoms with Crippen LogP contribution in [-0.4, -0.2) is 36.1 Å². The number of hydrogen-bond acceptors (Lipinski definition) is 2.